The van der Waals surface area contributed by atoms with E-state index in [1.807, 2.05) is 6.07 Å². The van der Waals surface area contributed by atoms with Crippen molar-refractivity contribution in [3.63, 3.8) is 0 Å². The number of anilines is 1. The van der Waals surface area contributed by atoms with Gasteiger partial charge in [-0.25, -0.2) is 9.19 Å². The molecule has 1 aliphatic heterocycles. The second-order valence-corrected chi connectivity index (χ2v) is 9.54. The lowest BCUT2D eigenvalue weighted by molar-refractivity contribution is 0.0986. The highest BCUT2D eigenvalue weighted by atomic mass is 32.2. The van der Waals surface area contributed by atoms with Crippen LogP contribution in [-0.4, -0.2) is 57.7 Å². The van der Waals surface area contributed by atoms with E-state index in [4.69, 9.17) is 9.72 Å². The Hall–Kier alpha value is -1.67. The lowest BCUT2D eigenvalue weighted by atomic mass is 10.1. The molecule has 130 valence electrons. The largest absolute Gasteiger partial charge is 0.377 e. The third-order valence-electron chi connectivity index (χ3n) is 4.48. The van der Waals surface area contributed by atoms with E-state index in [2.05, 4.69) is 26.4 Å². The molecule has 1 aliphatic carbocycles. The Balaban J connectivity index is 1.90. The van der Waals surface area contributed by atoms with Crippen LogP contribution in [-0.2, 0) is 14.5 Å². The first-order valence-corrected chi connectivity index (χ1v) is 10.7. The van der Waals surface area contributed by atoms with Gasteiger partial charge in [0, 0.05) is 40.8 Å². The van der Waals surface area contributed by atoms with Crippen molar-refractivity contribution in [2.24, 2.45) is 4.36 Å². The molecule has 8 heteroatoms. The smallest absolute Gasteiger partial charge is 0.185 e. The fourth-order valence-corrected chi connectivity index (χ4v) is 3.82. The highest BCUT2D eigenvalue weighted by Crippen LogP contribution is 2.44. The highest BCUT2D eigenvalue weighted by Gasteiger charge is 2.30. The quantitative estimate of drug-likeness (QED) is 0.920. The number of nitrogens with zero attached hydrogens (tertiary/aromatic N) is 4. The molecule has 1 saturated carbocycles. The molecule has 1 saturated heterocycles. The summed E-state index contributed by atoms with van der Waals surface area (Å²) in [7, 11) is -2.27. The van der Waals surface area contributed by atoms with Crippen LogP contribution in [0.4, 0.5) is 11.5 Å². The van der Waals surface area contributed by atoms with Crippen LogP contribution in [0.1, 0.15) is 31.4 Å². The molecule has 2 aliphatic rings. The topological polar surface area (TPSA) is 83.5 Å². The van der Waals surface area contributed by atoms with Gasteiger partial charge in [0.15, 0.2) is 5.65 Å². The number of fused-ring (bicyclic) bond motifs is 1. The van der Waals surface area contributed by atoms with Gasteiger partial charge < -0.3 is 9.64 Å². The van der Waals surface area contributed by atoms with Crippen molar-refractivity contribution < 1.29 is 8.95 Å². The third-order valence-corrected chi connectivity index (χ3v) is 5.12. The van der Waals surface area contributed by atoms with Crippen molar-refractivity contribution in [3.05, 3.63) is 11.8 Å². The summed E-state index contributed by atoms with van der Waals surface area (Å²) in [6.07, 6.45) is 5.64. The lowest BCUT2D eigenvalue weighted by Gasteiger charge is -2.34. The second kappa shape index (κ2) is 5.70. The number of nitrogens with one attached hydrogen (secondary N) is 1. The molecule has 4 rings (SSSR count). The molecule has 2 aromatic rings. The normalized spacial score (nSPS) is 22.1. The van der Waals surface area contributed by atoms with Crippen molar-refractivity contribution in [2.75, 3.05) is 37.2 Å². The van der Waals surface area contributed by atoms with Gasteiger partial charge in [0.25, 0.3) is 0 Å². The van der Waals surface area contributed by atoms with E-state index in [0.717, 1.165) is 42.0 Å². The molecule has 24 heavy (non-hydrogen) atoms. The minimum atomic E-state index is -2.27. The molecule has 0 spiro atoms. The van der Waals surface area contributed by atoms with Crippen molar-refractivity contribution in [1.82, 2.24) is 15.2 Å². The molecular weight excluding hydrogens is 326 g/mol. The number of aromatic nitrogens is 3. The van der Waals surface area contributed by atoms with E-state index in [-0.39, 0.29) is 6.04 Å². The summed E-state index contributed by atoms with van der Waals surface area (Å²) in [5, 5.41) is 8.47. The summed E-state index contributed by atoms with van der Waals surface area (Å²) >= 11 is 0. The summed E-state index contributed by atoms with van der Waals surface area (Å²) in [4.78, 5) is 6.95. The SMILES string of the molecule is C[C@@H]1COCCN1c1cc(N=S(C)(C)=O)c2c(C3CC3)[nH]nc2n1. The average Bonchev–Trinajstić information content (AvgIpc) is 3.26. The van der Waals surface area contributed by atoms with Gasteiger partial charge in [0.2, 0.25) is 0 Å². The van der Waals surface area contributed by atoms with E-state index in [9.17, 15) is 4.21 Å². The van der Waals surface area contributed by atoms with E-state index in [1.165, 1.54) is 0 Å². The van der Waals surface area contributed by atoms with Crippen LogP contribution in [0.25, 0.3) is 11.0 Å². The fourth-order valence-electron chi connectivity index (χ4n) is 3.20. The van der Waals surface area contributed by atoms with E-state index in [0.29, 0.717) is 24.8 Å². The van der Waals surface area contributed by atoms with Crippen LogP contribution in [0.2, 0.25) is 0 Å². The van der Waals surface area contributed by atoms with Gasteiger partial charge in [-0.3, -0.25) is 5.10 Å². The Morgan fingerprint density at radius 1 is 1.42 bits per heavy atom. The Morgan fingerprint density at radius 3 is 2.88 bits per heavy atom. The van der Waals surface area contributed by atoms with Crippen LogP contribution in [0.3, 0.4) is 0 Å². The molecule has 1 atom stereocenters. The molecule has 0 amide bonds. The number of H-pyrrole nitrogens is 1. The zero-order chi connectivity index (χ0) is 16.9. The van der Waals surface area contributed by atoms with E-state index >= 15 is 0 Å². The number of aromatic amines is 1. The average molecular weight is 349 g/mol. The number of rotatable bonds is 3. The van der Waals surface area contributed by atoms with Crippen molar-refractivity contribution in [2.45, 2.75) is 31.7 Å². The van der Waals surface area contributed by atoms with Crippen LogP contribution >= 0.6 is 0 Å². The first-order valence-electron chi connectivity index (χ1n) is 8.33. The Morgan fingerprint density at radius 2 is 2.21 bits per heavy atom. The van der Waals surface area contributed by atoms with E-state index in [1.54, 1.807) is 12.5 Å². The maximum Gasteiger partial charge on any atom is 0.185 e. The molecule has 0 unspecified atom stereocenters. The van der Waals surface area contributed by atoms with Gasteiger partial charge in [-0.15, -0.1) is 0 Å². The van der Waals surface area contributed by atoms with Crippen LogP contribution in [0, 0.1) is 0 Å². The first kappa shape index (κ1) is 15.8. The highest BCUT2D eigenvalue weighted by molar-refractivity contribution is 7.92. The minimum absolute atomic E-state index is 0.242. The standard InChI is InChI=1S/C16H23N5O2S/c1-10-9-23-7-6-21(10)13-8-12(20-24(2,3)22)14-15(11-4-5-11)18-19-16(14)17-13/h8,10-11H,4-7,9H2,1-3H3,(H,17,18,19)/t10-/m1/s1. The van der Waals surface area contributed by atoms with Crippen LogP contribution < -0.4 is 4.90 Å². The first-order chi connectivity index (χ1) is 11.4. The molecule has 0 aromatic carbocycles. The Bertz CT molecular complexity index is 887. The second-order valence-electron chi connectivity index (χ2n) is 7.00. The molecule has 2 aromatic heterocycles. The number of hydrogen-bond acceptors (Lipinski definition) is 6. The molecular formula is C16H23N5O2S. The third kappa shape index (κ3) is 3.00. The molecule has 0 bridgehead atoms. The van der Waals surface area contributed by atoms with Gasteiger partial charge in [-0.2, -0.15) is 9.46 Å². The predicted octanol–water partition coefficient (Wildman–Crippen LogP) is 2.42. The van der Waals surface area contributed by atoms with Gasteiger partial charge in [0.1, 0.15) is 5.82 Å². The number of morpholine rings is 1. The van der Waals surface area contributed by atoms with Gasteiger partial charge in [-0.05, 0) is 19.8 Å². The summed E-state index contributed by atoms with van der Waals surface area (Å²) in [6, 6.07) is 2.20. The van der Waals surface area contributed by atoms with Crippen molar-refractivity contribution in [1.29, 1.82) is 0 Å². The Labute approximate surface area is 142 Å². The summed E-state index contributed by atoms with van der Waals surface area (Å²) in [5.41, 5.74) is 2.48. The van der Waals surface area contributed by atoms with Crippen molar-refractivity contribution in [3.8, 4) is 0 Å². The number of hydrogen-bond donors (Lipinski definition) is 1. The van der Waals surface area contributed by atoms with Crippen LogP contribution in [0.5, 0.6) is 0 Å². The summed E-state index contributed by atoms with van der Waals surface area (Å²) in [6.45, 7) is 4.26. The molecule has 0 radical (unpaired) electrons. The monoisotopic (exact) mass is 349 g/mol. The summed E-state index contributed by atoms with van der Waals surface area (Å²) in [5.74, 6) is 1.33. The Kier molecular flexibility index (Phi) is 3.76. The lowest BCUT2D eigenvalue weighted by Crippen LogP contribution is -2.44. The maximum absolute atomic E-state index is 12.3. The predicted molar refractivity (Wildman–Crippen MR) is 95.6 cm³/mol. The molecule has 1 N–H and O–H groups in total. The number of pyridine rings is 1. The molecule has 2 fully saturated rings. The van der Waals surface area contributed by atoms with Gasteiger partial charge in [0.05, 0.1) is 36.0 Å². The zero-order valence-corrected chi connectivity index (χ0v) is 15.1. The molecule has 3 heterocycles. The van der Waals surface area contributed by atoms with E-state index < -0.39 is 9.73 Å². The van der Waals surface area contributed by atoms with Crippen LogP contribution in [0.15, 0.2) is 10.4 Å². The number of ether oxygens (including phenoxy) is 1. The van der Waals surface area contributed by atoms with Gasteiger partial charge >= 0.3 is 0 Å². The van der Waals surface area contributed by atoms with Crippen molar-refractivity contribution >= 4 is 32.3 Å². The van der Waals surface area contributed by atoms with Gasteiger partial charge in [-0.1, -0.05) is 0 Å². The fraction of sp³-hybridized carbons (Fsp3) is 0.625. The maximum atomic E-state index is 12.3. The summed E-state index contributed by atoms with van der Waals surface area (Å²) < 4.78 is 22.3. The molecule has 7 nitrogen and oxygen atoms in total. The zero-order valence-electron chi connectivity index (χ0n) is 14.3. The minimum Gasteiger partial charge on any atom is -0.377 e.